The van der Waals surface area contributed by atoms with Gasteiger partial charge in [-0.25, -0.2) is 0 Å². The molecule has 2 rings (SSSR count). The summed E-state index contributed by atoms with van der Waals surface area (Å²) in [6, 6.07) is 11.3. The van der Waals surface area contributed by atoms with Gasteiger partial charge in [-0.15, -0.1) is 0 Å². The van der Waals surface area contributed by atoms with Crippen molar-refractivity contribution in [3.63, 3.8) is 0 Å². The lowest BCUT2D eigenvalue weighted by molar-refractivity contribution is -0.121. The molecule has 0 bridgehead atoms. The normalized spacial score (nSPS) is 18.8. The summed E-state index contributed by atoms with van der Waals surface area (Å²) in [5.41, 5.74) is 1.41. The van der Waals surface area contributed by atoms with Gasteiger partial charge in [-0.3, -0.25) is 9.69 Å². The van der Waals surface area contributed by atoms with E-state index in [1.807, 2.05) is 0 Å². The molecule has 0 radical (unpaired) electrons. The molecule has 1 saturated heterocycles. The number of benzene rings is 1. The van der Waals surface area contributed by atoms with Crippen LogP contribution in [0.4, 0.5) is 0 Å². The first kappa shape index (κ1) is 13.3. The SMILES string of the molecule is CCCC(Cc1ccccc1)N1CCC(=O)CC1. The van der Waals surface area contributed by atoms with Gasteiger partial charge in [-0.1, -0.05) is 43.7 Å². The second kappa shape index (κ2) is 6.69. The van der Waals surface area contributed by atoms with Crippen molar-refractivity contribution in [1.82, 2.24) is 4.90 Å². The number of nitrogens with zero attached hydrogens (tertiary/aromatic N) is 1. The maximum absolute atomic E-state index is 11.3. The molecule has 0 saturated carbocycles. The first-order valence-corrected chi connectivity index (χ1v) is 7.09. The smallest absolute Gasteiger partial charge is 0.135 e. The lowest BCUT2D eigenvalue weighted by Gasteiger charge is -2.34. The molecule has 2 nitrogen and oxygen atoms in total. The fourth-order valence-corrected chi connectivity index (χ4v) is 2.77. The van der Waals surface area contributed by atoms with E-state index in [1.54, 1.807) is 0 Å². The molecule has 1 aromatic carbocycles. The van der Waals surface area contributed by atoms with Crippen molar-refractivity contribution >= 4 is 5.78 Å². The summed E-state index contributed by atoms with van der Waals surface area (Å²) in [6.45, 7) is 4.15. The Morgan fingerprint density at radius 2 is 1.83 bits per heavy atom. The van der Waals surface area contributed by atoms with Crippen LogP contribution in [-0.4, -0.2) is 29.8 Å². The fourth-order valence-electron chi connectivity index (χ4n) is 2.77. The molecule has 1 atom stereocenters. The minimum Gasteiger partial charge on any atom is -0.300 e. The van der Waals surface area contributed by atoms with Crippen LogP contribution in [0.15, 0.2) is 30.3 Å². The molecule has 2 heteroatoms. The number of ketones is 1. The van der Waals surface area contributed by atoms with Gasteiger partial charge in [0.05, 0.1) is 0 Å². The highest BCUT2D eigenvalue weighted by atomic mass is 16.1. The molecular formula is C16H23NO. The van der Waals surface area contributed by atoms with Crippen LogP contribution in [0, 0.1) is 0 Å². The zero-order valence-electron chi connectivity index (χ0n) is 11.3. The van der Waals surface area contributed by atoms with Gasteiger partial charge in [0.15, 0.2) is 0 Å². The highest BCUT2D eigenvalue weighted by Gasteiger charge is 2.23. The van der Waals surface area contributed by atoms with Crippen molar-refractivity contribution in [3.05, 3.63) is 35.9 Å². The monoisotopic (exact) mass is 245 g/mol. The van der Waals surface area contributed by atoms with Crippen molar-refractivity contribution in [2.45, 2.75) is 45.1 Å². The zero-order chi connectivity index (χ0) is 12.8. The zero-order valence-corrected chi connectivity index (χ0v) is 11.3. The minimum atomic E-state index is 0.432. The lowest BCUT2D eigenvalue weighted by atomic mass is 9.98. The van der Waals surface area contributed by atoms with E-state index in [9.17, 15) is 4.79 Å². The van der Waals surface area contributed by atoms with Gasteiger partial charge < -0.3 is 0 Å². The number of Topliss-reactive ketones (excluding diaryl/α,β-unsaturated/α-hetero) is 1. The fraction of sp³-hybridized carbons (Fsp3) is 0.562. The lowest BCUT2D eigenvalue weighted by Crippen LogP contribution is -2.42. The Balaban J connectivity index is 1.97. The number of piperidine rings is 1. The van der Waals surface area contributed by atoms with Crippen molar-refractivity contribution in [3.8, 4) is 0 Å². The van der Waals surface area contributed by atoms with E-state index in [4.69, 9.17) is 0 Å². The summed E-state index contributed by atoms with van der Waals surface area (Å²) in [4.78, 5) is 13.8. The van der Waals surface area contributed by atoms with Gasteiger partial charge in [0.2, 0.25) is 0 Å². The molecule has 1 aliphatic rings. The Morgan fingerprint density at radius 3 is 2.44 bits per heavy atom. The summed E-state index contributed by atoms with van der Waals surface area (Å²) in [7, 11) is 0. The molecule has 98 valence electrons. The van der Waals surface area contributed by atoms with E-state index in [-0.39, 0.29) is 0 Å². The maximum atomic E-state index is 11.3. The third-order valence-electron chi connectivity index (χ3n) is 3.81. The van der Waals surface area contributed by atoms with Crippen LogP contribution in [0.1, 0.15) is 38.2 Å². The summed E-state index contributed by atoms with van der Waals surface area (Å²) >= 11 is 0. The Kier molecular flexibility index (Phi) is 4.94. The number of hydrogen-bond donors (Lipinski definition) is 0. The number of rotatable bonds is 5. The average molecular weight is 245 g/mol. The van der Waals surface area contributed by atoms with E-state index in [0.717, 1.165) is 32.4 Å². The number of likely N-dealkylation sites (tertiary alicyclic amines) is 1. The second-order valence-electron chi connectivity index (χ2n) is 5.21. The predicted octanol–water partition coefficient (Wildman–Crippen LogP) is 3.06. The van der Waals surface area contributed by atoms with Crippen molar-refractivity contribution in [1.29, 1.82) is 0 Å². The van der Waals surface area contributed by atoms with E-state index in [2.05, 4.69) is 42.2 Å². The molecule has 1 aromatic rings. The molecule has 0 amide bonds. The molecule has 0 N–H and O–H groups in total. The largest absolute Gasteiger partial charge is 0.300 e. The highest BCUT2D eigenvalue weighted by Crippen LogP contribution is 2.17. The Morgan fingerprint density at radius 1 is 1.17 bits per heavy atom. The van der Waals surface area contributed by atoms with E-state index < -0.39 is 0 Å². The topological polar surface area (TPSA) is 20.3 Å². The predicted molar refractivity (Wildman–Crippen MR) is 74.7 cm³/mol. The molecule has 0 aromatic heterocycles. The molecule has 0 aliphatic carbocycles. The Bertz CT molecular complexity index is 364. The van der Waals surface area contributed by atoms with E-state index >= 15 is 0 Å². The molecule has 18 heavy (non-hydrogen) atoms. The molecule has 1 unspecified atom stereocenters. The van der Waals surface area contributed by atoms with Gasteiger partial charge in [-0.2, -0.15) is 0 Å². The second-order valence-corrected chi connectivity index (χ2v) is 5.21. The third kappa shape index (κ3) is 3.67. The van der Waals surface area contributed by atoms with Crippen LogP contribution in [0.5, 0.6) is 0 Å². The van der Waals surface area contributed by atoms with Gasteiger partial charge in [0.1, 0.15) is 5.78 Å². The van der Waals surface area contributed by atoms with Crippen LogP contribution in [0.3, 0.4) is 0 Å². The first-order chi connectivity index (χ1) is 8.79. The molecule has 1 heterocycles. The van der Waals surface area contributed by atoms with Crippen molar-refractivity contribution < 1.29 is 4.79 Å². The van der Waals surface area contributed by atoms with Crippen LogP contribution in [-0.2, 0) is 11.2 Å². The number of hydrogen-bond acceptors (Lipinski definition) is 2. The average Bonchev–Trinajstić information content (AvgIpc) is 2.40. The summed E-state index contributed by atoms with van der Waals surface area (Å²) in [5.74, 6) is 0.432. The van der Waals surface area contributed by atoms with Gasteiger partial charge in [0.25, 0.3) is 0 Å². The van der Waals surface area contributed by atoms with Gasteiger partial charge in [-0.05, 0) is 18.4 Å². The Labute approximate surface area is 110 Å². The maximum Gasteiger partial charge on any atom is 0.135 e. The highest BCUT2D eigenvalue weighted by molar-refractivity contribution is 5.79. The van der Waals surface area contributed by atoms with Crippen molar-refractivity contribution in [2.75, 3.05) is 13.1 Å². The molecule has 1 fully saturated rings. The number of carbonyl (C=O) groups is 1. The van der Waals surface area contributed by atoms with Crippen LogP contribution < -0.4 is 0 Å². The van der Waals surface area contributed by atoms with Gasteiger partial charge >= 0.3 is 0 Å². The van der Waals surface area contributed by atoms with E-state index in [1.165, 1.54) is 18.4 Å². The number of carbonyl (C=O) groups excluding carboxylic acids is 1. The molecular weight excluding hydrogens is 222 g/mol. The molecule has 1 aliphatic heterocycles. The molecule has 0 spiro atoms. The minimum absolute atomic E-state index is 0.432. The first-order valence-electron chi connectivity index (χ1n) is 7.09. The van der Waals surface area contributed by atoms with E-state index in [0.29, 0.717) is 11.8 Å². The van der Waals surface area contributed by atoms with Gasteiger partial charge in [0, 0.05) is 32.0 Å². The Hall–Kier alpha value is -1.15. The van der Waals surface area contributed by atoms with Crippen LogP contribution in [0.2, 0.25) is 0 Å². The summed E-state index contributed by atoms with van der Waals surface area (Å²) in [6.07, 6.45) is 5.04. The van der Waals surface area contributed by atoms with Crippen LogP contribution >= 0.6 is 0 Å². The van der Waals surface area contributed by atoms with Crippen LogP contribution in [0.25, 0.3) is 0 Å². The quantitative estimate of drug-likeness (QED) is 0.794. The third-order valence-corrected chi connectivity index (χ3v) is 3.81. The summed E-state index contributed by atoms with van der Waals surface area (Å²) in [5, 5.41) is 0. The standard InChI is InChI=1S/C16H23NO/c1-2-6-15(13-14-7-4-3-5-8-14)17-11-9-16(18)10-12-17/h3-5,7-8,15H,2,6,9-13H2,1H3. The summed E-state index contributed by atoms with van der Waals surface area (Å²) < 4.78 is 0. The van der Waals surface area contributed by atoms with Crippen molar-refractivity contribution in [2.24, 2.45) is 0 Å².